The van der Waals surface area contributed by atoms with Crippen LogP contribution in [0.25, 0.3) is 0 Å². The molecule has 0 spiro atoms. The molecule has 1 fully saturated rings. The third-order valence-electron chi connectivity index (χ3n) is 4.71. The number of methoxy groups -OCH3 is 1. The van der Waals surface area contributed by atoms with Crippen molar-refractivity contribution in [3.05, 3.63) is 29.8 Å². The molecule has 9 heteroatoms. The van der Waals surface area contributed by atoms with E-state index in [-0.39, 0.29) is 30.3 Å². The number of nitrogens with zero attached hydrogens (tertiary/aromatic N) is 2. The van der Waals surface area contributed by atoms with Crippen molar-refractivity contribution in [1.29, 1.82) is 0 Å². The maximum Gasteiger partial charge on any atom is 0.243 e. The number of carbonyl (C=O) groups is 1. The van der Waals surface area contributed by atoms with Crippen molar-refractivity contribution in [2.75, 3.05) is 53.0 Å². The SMILES string of the molecule is COCCNCC(=O)N1CCN(S(=O)(=O)c2ccc(C(C)(C)C)cc2)CC1.Cl. The zero-order chi connectivity index (χ0) is 20.1. The number of sulfonamides is 1. The Labute approximate surface area is 174 Å². The summed E-state index contributed by atoms with van der Waals surface area (Å²) < 4.78 is 32.1. The third kappa shape index (κ3) is 6.42. The molecule has 1 aromatic rings. The molecular weight excluding hydrogens is 402 g/mol. The zero-order valence-corrected chi connectivity index (χ0v) is 18.7. The topological polar surface area (TPSA) is 79.0 Å². The molecule has 2 rings (SSSR count). The Hall–Kier alpha value is -1.19. The lowest BCUT2D eigenvalue weighted by Crippen LogP contribution is -2.52. The molecule has 160 valence electrons. The van der Waals surface area contributed by atoms with Crippen molar-refractivity contribution < 1.29 is 17.9 Å². The number of rotatable bonds is 7. The number of amides is 1. The van der Waals surface area contributed by atoms with E-state index in [9.17, 15) is 13.2 Å². The molecule has 0 unspecified atom stereocenters. The predicted molar refractivity (Wildman–Crippen MR) is 112 cm³/mol. The van der Waals surface area contributed by atoms with Crippen molar-refractivity contribution in [1.82, 2.24) is 14.5 Å². The van der Waals surface area contributed by atoms with Crippen LogP contribution in [0.1, 0.15) is 26.3 Å². The summed E-state index contributed by atoms with van der Waals surface area (Å²) in [5, 5.41) is 3.02. The van der Waals surface area contributed by atoms with Crippen LogP contribution in [0, 0.1) is 0 Å². The van der Waals surface area contributed by atoms with Gasteiger partial charge in [0.2, 0.25) is 15.9 Å². The molecule has 0 aliphatic carbocycles. The number of hydrogen-bond donors (Lipinski definition) is 1. The average Bonchev–Trinajstić information content (AvgIpc) is 2.64. The first-order valence-corrected chi connectivity index (χ1v) is 10.7. The molecule has 0 radical (unpaired) electrons. The Bertz CT molecular complexity index is 725. The maximum absolute atomic E-state index is 12.9. The predicted octanol–water partition coefficient (Wildman–Crippen LogP) is 1.47. The second-order valence-corrected chi connectivity index (χ2v) is 9.67. The van der Waals surface area contributed by atoms with Gasteiger partial charge in [-0.3, -0.25) is 4.79 Å². The number of nitrogens with one attached hydrogen (secondary N) is 1. The number of ether oxygens (including phenoxy) is 1. The lowest BCUT2D eigenvalue weighted by atomic mass is 9.87. The summed E-state index contributed by atoms with van der Waals surface area (Å²) in [7, 11) is -1.92. The highest BCUT2D eigenvalue weighted by Gasteiger charge is 2.30. The number of piperazine rings is 1. The van der Waals surface area contributed by atoms with Gasteiger partial charge >= 0.3 is 0 Å². The second kappa shape index (κ2) is 10.5. The van der Waals surface area contributed by atoms with Crippen LogP contribution in [0.5, 0.6) is 0 Å². The molecule has 1 heterocycles. The van der Waals surface area contributed by atoms with Gasteiger partial charge in [-0.1, -0.05) is 32.9 Å². The van der Waals surface area contributed by atoms with Crippen LogP contribution in [0.15, 0.2) is 29.2 Å². The Morgan fingerprint density at radius 2 is 1.68 bits per heavy atom. The van der Waals surface area contributed by atoms with Gasteiger partial charge in [-0.25, -0.2) is 8.42 Å². The lowest BCUT2D eigenvalue weighted by Gasteiger charge is -2.34. The summed E-state index contributed by atoms with van der Waals surface area (Å²) in [6, 6.07) is 7.09. The molecule has 1 aromatic carbocycles. The zero-order valence-electron chi connectivity index (χ0n) is 17.1. The van der Waals surface area contributed by atoms with E-state index in [1.165, 1.54) is 4.31 Å². The first kappa shape index (κ1) is 24.8. The van der Waals surface area contributed by atoms with E-state index >= 15 is 0 Å². The molecule has 1 amide bonds. The summed E-state index contributed by atoms with van der Waals surface area (Å²) in [6.07, 6.45) is 0. The summed E-state index contributed by atoms with van der Waals surface area (Å²) in [5.74, 6) is -0.0160. The summed E-state index contributed by atoms with van der Waals surface area (Å²) >= 11 is 0. The van der Waals surface area contributed by atoms with Crippen molar-refractivity contribution in [2.45, 2.75) is 31.1 Å². The monoisotopic (exact) mass is 433 g/mol. The van der Waals surface area contributed by atoms with Gasteiger partial charge in [-0.05, 0) is 23.1 Å². The fraction of sp³-hybridized carbons (Fsp3) is 0.632. The van der Waals surface area contributed by atoms with Gasteiger partial charge in [-0.2, -0.15) is 4.31 Å². The number of halogens is 1. The van der Waals surface area contributed by atoms with Crippen LogP contribution in [0.4, 0.5) is 0 Å². The molecule has 1 saturated heterocycles. The molecule has 1 N–H and O–H groups in total. The van der Waals surface area contributed by atoms with Gasteiger partial charge in [0.1, 0.15) is 0 Å². The van der Waals surface area contributed by atoms with Gasteiger partial charge in [-0.15, -0.1) is 12.4 Å². The highest BCUT2D eigenvalue weighted by molar-refractivity contribution is 7.89. The molecule has 28 heavy (non-hydrogen) atoms. The molecule has 0 aromatic heterocycles. The van der Waals surface area contributed by atoms with E-state index in [2.05, 4.69) is 26.1 Å². The van der Waals surface area contributed by atoms with E-state index in [4.69, 9.17) is 4.74 Å². The Morgan fingerprint density at radius 1 is 1.11 bits per heavy atom. The quantitative estimate of drug-likeness (QED) is 0.659. The molecule has 1 aliphatic heterocycles. The third-order valence-corrected chi connectivity index (χ3v) is 6.62. The first-order chi connectivity index (χ1) is 12.7. The van der Waals surface area contributed by atoms with Crippen LogP contribution in [-0.4, -0.2) is 76.5 Å². The van der Waals surface area contributed by atoms with Gasteiger partial charge in [0, 0.05) is 39.8 Å². The van der Waals surface area contributed by atoms with Crippen LogP contribution in [-0.2, 0) is 25.0 Å². The molecule has 0 bridgehead atoms. The number of carbonyl (C=O) groups excluding carboxylic acids is 1. The number of benzene rings is 1. The van der Waals surface area contributed by atoms with Crippen molar-refractivity contribution in [3.63, 3.8) is 0 Å². The Balaban J connectivity index is 0.00000392. The molecule has 1 aliphatic rings. The normalized spacial score (nSPS) is 15.9. The average molecular weight is 434 g/mol. The van der Waals surface area contributed by atoms with E-state index in [1.807, 2.05) is 12.1 Å². The maximum atomic E-state index is 12.9. The van der Waals surface area contributed by atoms with E-state index in [0.717, 1.165) is 5.56 Å². The minimum Gasteiger partial charge on any atom is -0.383 e. The summed E-state index contributed by atoms with van der Waals surface area (Å²) in [5.41, 5.74) is 1.07. The van der Waals surface area contributed by atoms with Crippen LogP contribution in [0.2, 0.25) is 0 Å². The fourth-order valence-corrected chi connectivity index (χ4v) is 4.36. The molecule has 0 atom stereocenters. The largest absolute Gasteiger partial charge is 0.383 e. The molecular formula is C19H32ClN3O4S. The van der Waals surface area contributed by atoms with Gasteiger partial charge in [0.25, 0.3) is 0 Å². The minimum atomic E-state index is -3.53. The molecule has 7 nitrogen and oxygen atoms in total. The fourth-order valence-electron chi connectivity index (χ4n) is 2.94. The number of hydrogen-bond acceptors (Lipinski definition) is 5. The van der Waals surface area contributed by atoms with Crippen LogP contribution < -0.4 is 5.32 Å². The van der Waals surface area contributed by atoms with Crippen molar-refractivity contribution in [3.8, 4) is 0 Å². The van der Waals surface area contributed by atoms with Gasteiger partial charge < -0.3 is 15.0 Å². The molecule has 0 saturated carbocycles. The summed E-state index contributed by atoms with van der Waals surface area (Å²) in [4.78, 5) is 14.2. The van der Waals surface area contributed by atoms with Crippen molar-refractivity contribution >= 4 is 28.3 Å². The van der Waals surface area contributed by atoms with Crippen LogP contribution >= 0.6 is 12.4 Å². The van der Waals surface area contributed by atoms with E-state index in [1.54, 1.807) is 24.1 Å². The summed E-state index contributed by atoms with van der Waals surface area (Å²) in [6.45, 7) is 9.12. The first-order valence-electron chi connectivity index (χ1n) is 9.24. The lowest BCUT2D eigenvalue weighted by molar-refractivity contribution is -0.131. The second-order valence-electron chi connectivity index (χ2n) is 7.73. The standard InChI is InChI=1S/C19H31N3O4S.ClH/c1-19(2,3)16-5-7-17(8-6-16)27(24,25)22-12-10-21(11-13-22)18(23)15-20-9-14-26-4;/h5-8,20H,9-15H2,1-4H3;1H. The Morgan fingerprint density at radius 3 is 2.18 bits per heavy atom. The van der Waals surface area contributed by atoms with Crippen LogP contribution in [0.3, 0.4) is 0 Å². The highest BCUT2D eigenvalue weighted by atomic mass is 35.5. The smallest absolute Gasteiger partial charge is 0.243 e. The van der Waals surface area contributed by atoms with Gasteiger partial charge in [0.05, 0.1) is 18.0 Å². The van der Waals surface area contributed by atoms with E-state index in [0.29, 0.717) is 44.2 Å². The minimum absolute atomic E-state index is 0. The Kier molecular flexibility index (Phi) is 9.36. The highest BCUT2D eigenvalue weighted by Crippen LogP contribution is 2.25. The van der Waals surface area contributed by atoms with Crippen molar-refractivity contribution in [2.24, 2.45) is 0 Å². The van der Waals surface area contributed by atoms with E-state index < -0.39 is 10.0 Å². The van der Waals surface area contributed by atoms with Gasteiger partial charge in [0.15, 0.2) is 0 Å².